The number of hydrogen-bond acceptors (Lipinski definition) is 5. The van der Waals surface area contributed by atoms with Crippen molar-refractivity contribution in [1.82, 2.24) is 19.8 Å². The van der Waals surface area contributed by atoms with E-state index in [9.17, 15) is 4.79 Å². The van der Waals surface area contributed by atoms with Gasteiger partial charge >= 0.3 is 0 Å². The highest BCUT2D eigenvalue weighted by Crippen LogP contribution is 2.34. The van der Waals surface area contributed by atoms with E-state index in [1.165, 1.54) is 24.8 Å². The Morgan fingerprint density at radius 1 is 0.971 bits per heavy atom. The fourth-order valence-electron chi connectivity index (χ4n) is 6.00. The zero-order chi connectivity index (χ0) is 23.5. The number of amides is 1. The summed E-state index contributed by atoms with van der Waals surface area (Å²) in [5.41, 5.74) is 3.01. The zero-order valence-electron chi connectivity index (χ0n) is 20.9. The van der Waals surface area contributed by atoms with Crippen molar-refractivity contribution in [3.63, 3.8) is 0 Å². The van der Waals surface area contributed by atoms with Crippen LogP contribution < -0.4 is 4.90 Å². The summed E-state index contributed by atoms with van der Waals surface area (Å²) in [6, 6.07) is 11.2. The van der Waals surface area contributed by atoms with Crippen molar-refractivity contribution in [2.45, 2.75) is 70.3 Å². The van der Waals surface area contributed by atoms with Crippen molar-refractivity contribution in [3.05, 3.63) is 53.3 Å². The zero-order valence-corrected chi connectivity index (χ0v) is 20.9. The van der Waals surface area contributed by atoms with E-state index in [1.807, 2.05) is 24.4 Å². The van der Waals surface area contributed by atoms with E-state index >= 15 is 0 Å². The standard InChI is InChI=1S/C28H39N5O/c1-3-28(4-2,23-9-6-5-7-10-23)26(34)32-15-13-22-21-29-27(30-25(22)14-16-32)33-19-17-31(18-20-33)24-11-8-12-24/h5-7,9-10,21,24H,3-4,8,11-20H2,1-2H3. The second kappa shape index (κ2) is 10.0. The molecule has 2 aromatic rings. The molecular weight excluding hydrogens is 422 g/mol. The number of anilines is 1. The number of carbonyl (C=O) groups is 1. The molecule has 6 heteroatoms. The van der Waals surface area contributed by atoms with Gasteiger partial charge in [-0.2, -0.15) is 0 Å². The molecule has 0 N–H and O–H groups in total. The van der Waals surface area contributed by atoms with Gasteiger partial charge in [-0.1, -0.05) is 50.6 Å². The van der Waals surface area contributed by atoms with Crippen LogP contribution in [0.1, 0.15) is 62.8 Å². The molecule has 5 rings (SSSR count). The van der Waals surface area contributed by atoms with Crippen LogP contribution in [0.3, 0.4) is 0 Å². The maximum absolute atomic E-state index is 13.9. The lowest BCUT2D eigenvalue weighted by molar-refractivity contribution is -0.137. The molecule has 6 nitrogen and oxygen atoms in total. The molecule has 1 saturated carbocycles. The van der Waals surface area contributed by atoms with Gasteiger partial charge in [0.1, 0.15) is 0 Å². The van der Waals surface area contributed by atoms with Gasteiger partial charge < -0.3 is 9.80 Å². The van der Waals surface area contributed by atoms with E-state index in [0.717, 1.165) is 88.2 Å². The fourth-order valence-corrected chi connectivity index (χ4v) is 6.00. The summed E-state index contributed by atoms with van der Waals surface area (Å²) in [6.45, 7) is 9.99. The number of piperazine rings is 1. The largest absolute Gasteiger partial charge is 0.341 e. The van der Waals surface area contributed by atoms with Crippen LogP contribution in [-0.2, 0) is 23.1 Å². The first-order chi connectivity index (χ1) is 16.6. The lowest BCUT2D eigenvalue weighted by atomic mass is 9.74. The Bertz CT molecular complexity index is 978. The van der Waals surface area contributed by atoms with Crippen LogP contribution in [0.2, 0.25) is 0 Å². The van der Waals surface area contributed by atoms with Gasteiger partial charge in [0.05, 0.1) is 11.1 Å². The minimum absolute atomic E-state index is 0.261. The topological polar surface area (TPSA) is 52.6 Å². The summed E-state index contributed by atoms with van der Waals surface area (Å²) < 4.78 is 0. The summed E-state index contributed by atoms with van der Waals surface area (Å²) in [6.07, 6.45) is 9.40. The first-order valence-electron chi connectivity index (χ1n) is 13.3. The van der Waals surface area contributed by atoms with E-state index in [-0.39, 0.29) is 5.91 Å². The van der Waals surface area contributed by atoms with Gasteiger partial charge in [-0.3, -0.25) is 9.69 Å². The van der Waals surface area contributed by atoms with Crippen LogP contribution in [0, 0.1) is 0 Å². The molecule has 1 aliphatic carbocycles. The molecule has 0 unspecified atom stereocenters. The number of aromatic nitrogens is 2. The van der Waals surface area contributed by atoms with Crippen LogP contribution >= 0.6 is 0 Å². The number of benzene rings is 1. The van der Waals surface area contributed by atoms with Crippen molar-refractivity contribution in [3.8, 4) is 0 Å². The quantitative estimate of drug-likeness (QED) is 0.654. The van der Waals surface area contributed by atoms with Crippen LogP contribution in [-0.4, -0.2) is 71.0 Å². The third-order valence-corrected chi connectivity index (χ3v) is 8.63. The highest BCUT2D eigenvalue weighted by atomic mass is 16.2. The Kier molecular flexibility index (Phi) is 6.87. The predicted molar refractivity (Wildman–Crippen MR) is 136 cm³/mol. The molecule has 182 valence electrons. The minimum atomic E-state index is -0.450. The molecule has 1 aromatic carbocycles. The molecule has 3 aliphatic rings. The molecule has 2 aliphatic heterocycles. The number of carbonyl (C=O) groups excluding carboxylic acids is 1. The van der Waals surface area contributed by atoms with Gasteiger partial charge in [-0.25, -0.2) is 9.97 Å². The maximum atomic E-state index is 13.9. The van der Waals surface area contributed by atoms with E-state index < -0.39 is 5.41 Å². The Morgan fingerprint density at radius 2 is 1.68 bits per heavy atom. The molecule has 0 bridgehead atoms. The van der Waals surface area contributed by atoms with Crippen LogP contribution in [0.25, 0.3) is 0 Å². The smallest absolute Gasteiger partial charge is 0.233 e. The van der Waals surface area contributed by atoms with Crippen LogP contribution in [0.15, 0.2) is 36.5 Å². The second-order valence-electron chi connectivity index (χ2n) is 10.2. The summed E-state index contributed by atoms with van der Waals surface area (Å²) in [7, 11) is 0. The SMILES string of the molecule is CCC(CC)(C(=O)N1CCc2cnc(N3CCN(C4CCC4)CC3)nc2CC1)c1ccccc1. The molecule has 0 atom stereocenters. The molecule has 1 aromatic heterocycles. The van der Waals surface area contributed by atoms with E-state index in [2.05, 4.69) is 40.7 Å². The van der Waals surface area contributed by atoms with Crippen molar-refractivity contribution in [2.75, 3.05) is 44.2 Å². The lowest BCUT2D eigenvalue weighted by Gasteiger charge is -2.43. The fraction of sp³-hybridized carbons (Fsp3) is 0.607. The molecule has 1 amide bonds. The number of rotatable bonds is 6. The Labute approximate surface area is 204 Å². The van der Waals surface area contributed by atoms with Gasteiger partial charge in [0.25, 0.3) is 0 Å². The van der Waals surface area contributed by atoms with Gasteiger partial charge in [0.15, 0.2) is 0 Å². The highest BCUT2D eigenvalue weighted by molar-refractivity contribution is 5.88. The summed E-state index contributed by atoms with van der Waals surface area (Å²) >= 11 is 0. The van der Waals surface area contributed by atoms with Crippen molar-refractivity contribution in [1.29, 1.82) is 0 Å². The van der Waals surface area contributed by atoms with E-state index in [1.54, 1.807) is 0 Å². The second-order valence-corrected chi connectivity index (χ2v) is 10.2. The van der Waals surface area contributed by atoms with Crippen molar-refractivity contribution in [2.24, 2.45) is 0 Å². The van der Waals surface area contributed by atoms with Crippen LogP contribution in [0.4, 0.5) is 5.95 Å². The summed E-state index contributed by atoms with van der Waals surface area (Å²) in [5.74, 6) is 1.13. The third kappa shape index (κ3) is 4.33. The average molecular weight is 462 g/mol. The predicted octanol–water partition coefficient (Wildman–Crippen LogP) is 3.84. The normalized spacial score (nSPS) is 19.9. The summed E-state index contributed by atoms with van der Waals surface area (Å²) in [4.78, 5) is 30.7. The third-order valence-electron chi connectivity index (χ3n) is 8.63. The Hall–Kier alpha value is -2.47. The molecule has 3 heterocycles. The Balaban J connectivity index is 1.27. The number of hydrogen-bond donors (Lipinski definition) is 0. The minimum Gasteiger partial charge on any atom is -0.341 e. The van der Waals surface area contributed by atoms with Gasteiger partial charge in [0.2, 0.25) is 11.9 Å². The van der Waals surface area contributed by atoms with Gasteiger partial charge in [-0.15, -0.1) is 0 Å². The lowest BCUT2D eigenvalue weighted by Crippen LogP contribution is -2.52. The average Bonchev–Trinajstić information content (AvgIpc) is 3.07. The highest BCUT2D eigenvalue weighted by Gasteiger charge is 2.40. The van der Waals surface area contributed by atoms with Crippen molar-refractivity contribution >= 4 is 11.9 Å². The van der Waals surface area contributed by atoms with E-state index in [0.29, 0.717) is 0 Å². The van der Waals surface area contributed by atoms with Crippen molar-refractivity contribution < 1.29 is 4.79 Å². The first kappa shape index (κ1) is 23.3. The number of fused-ring (bicyclic) bond motifs is 1. The monoisotopic (exact) mass is 461 g/mol. The molecule has 0 radical (unpaired) electrons. The molecule has 1 saturated heterocycles. The molecule has 34 heavy (non-hydrogen) atoms. The van der Waals surface area contributed by atoms with Gasteiger partial charge in [0, 0.05) is 57.9 Å². The number of nitrogens with zero attached hydrogens (tertiary/aromatic N) is 5. The van der Waals surface area contributed by atoms with E-state index in [4.69, 9.17) is 9.97 Å². The first-order valence-corrected chi connectivity index (χ1v) is 13.3. The molecule has 0 spiro atoms. The Morgan fingerprint density at radius 3 is 2.32 bits per heavy atom. The molecule has 2 fully saturated rings. The summed E-state index contributed by atoms with van der Waals surface area (Å²) in [5, 5.41) is 0. The maximum Gasteiger partial charge on any atom is 0.233 e. The van der Waals surface area contributed by atoms with Crippen LogP contribution in [0.5, 0.6) is 0 Å². The molecular formula is C28H39N5O. The van der Waals surface area contributed by atoms with Gasteiger partial charge in [-0.05, 0) is 43.2 Å².